The number of aromatic nitrogens is 1. The molecule has 9 heteroatoms. The number of carbonyl (C=O) groups excluding carboxylic acids is 3. The maximum Gasteiger partial charge on any atom is 0.238 e. The summed E-state index contributed by atoms with van der Waals surface area (Å²) in [6.45, 7) is 6.31. The fourth-order valence-corrected chi connectivity index (χ4v) is 5.75. The normalized spacial score (nSPS) is 16.2. The number of hydrogen-bond donors (Lipinski definition) is 1. The summed E-state index contributed by atoms with van der Waals surface area (Å²) in [5, 5.41) is 3.38. The zero-order chi connectivity index (χ0) is 25.1. The van der Waals surface area contributed by atoms with Gasteiger partial charge in [-0.2, -0.15) is 0 Å². The Hall–Kier alpha value is -3.46. The maximum absolute atomic E-state index is 13.7. The first-order chi connectivity index (χ1) is 16.9. The molecule has 2 unspecified atom stereocenters. The molecule has 2 aromatic heterocycles. The maximum atomic E-state index is 13.7. The first-order valence-corrected chi connectivity index (χ1v) is 12.5. The van der Waals surface area contributed by atoms with Crippen LogP contribution in [0, 0.1) is 18.8 Å². The molecule has 2 amide bonds. The van der Waals surface area contributed by atoms with Crippen molar-refractivity contribution in [3.63, 3.8) is 0 Å². The van der Waals surface area contributed by atoms with Crippen molar-refractivity contribution < 1.29 is 23.5 Å². The largest absolute Gasteiger partial charge is 0.496 e. The van der Waals surface area contributed by atoms with Gasteiger partial charge >= 0.3 is 0 Å². The van der Waals surface area contributed by atoms with Crippen molar-refractivity contribution in [2.45, 2.75) is 33.6 Å². The van der Waals surface area contributed by atoms with Gasteiger partial charge in [-0.15, -0.1) is 11.3 Å². The molecule has 0 radical (unpaired) electrons. The standard InChI is InChI=1S/C26H29N3O5S/c1-5-27-23(31)15(2)14-18-21(30)20-16(3)22(24-28-11-13-34-24)35-26(20)29(25(18)32)12-10-17-8-6-7-9-19(17)33-4/h6-9,11,13,15,18H,5,10,12,14H2,1-4H3,(H,27,31). The SMILES string of the molecule is CCNC(=O)C(C)CC1C(=O)c2c(sc(-c3ncco3)c2C)N(CCc2ccccc2OC)C1=O. The van der Waals surface area contributed by atoms with Gasteiger partial charge in [0.1, 0.15) is 22.9 Å². The van der Waals surface area contributed by atoms with Crippen molar-refractivity contribution in [1.29, 1.82) is 0 Å². The summed E-state index contributed by atoms with van der Waals surface area (Å²) in [4.78, 5) is 46.4. The third kappa shape index (κ3) is 4.73. The lowest BCUT2D eigenvalue weighted by Gasteiger charge is -2.32. The van der Waals surface area contributed by atoms with Gasteiger partial charge in [-0.25, -0.2) is 4.98 Å². The summed E-state index contributed by atoms with van der Waals surface area (Å²) in [7, 11) is 1.62. The number of ether oxygens (including phenoxy) is 1. The van der Waals surface area contributed by atoms with Crippen molar-refractivity contribution >= 4 is 33.9 Å². The van der Waals surface area contributed by atoms with Gasteiger partial charge in [-0.3, -0.25) is 14.4 Å². The van der Waals surface area contributed by atoms with E-state index in [-0.39, 0.29) is 24.0 Å². The Kier molecular flexibility index (Phi) is 7.35. The molecular formula is C26H29N3O5S. The number of oxazole rings is 1. The topological polar surface area (TPSA) is 102 Å². The third-order valence-corrected chi connectivity index (χ3v) is 7.61. The number of amides is 2. The molecule has 1 aliphatic heterocycles. The lowest BCUT2D eigenvalue weighted by molar-refractivity contribution is -0.126. The van der Waals surface area contributed by atoms with Crippen molar-refractivity contribution in [3.8, 4) is 16.5 Å². The molecule has 0 fully saturated rings. The number of nitrogens with one attached hydrogen (secondary N) is 1. The van der Waals surface area contributed by atoms with Crippen LogP contribution in [0.1, 0.15) is 41.8 Å². The second-order valence-corrected chi connectivity index (χ2v) is 9.57. The zero-order valence-corrected chi connectivity index (χ0v) is 21.1. The van der Waals surface area contributed by atoms with Crippen LogP contribution in [0.2, 0.25) is 0 Å². The van der Waals surface area contributed by atoms with Gasteiger partial charge in [-0.05, 0) is 43.9 Å². The number of carbonyl (C=O) groups is 3. The van der Waals surface area contributed by atoms with Crippen LogP contribution >= 0.6 is 11.3 Å². The number of methoxy groups -OCH3 is 1. The molecule has 3 aromatic rings. The van der Waals surface area contributed by atoms with Crippen molar-refractivity contribution in [2.75, 3.05) is 25.1 Å². The second-order valence-electron chi connectivity index (χ2n) is 8.57. The van der Waals surface area contributed by atoms with Crippen molar-refractivity contribution in [1.82, 2.24) is 10.3 Å². The fourth-order valence-electron chi connectivity index (χ4n) is 4.46. The van der Waals surface area contributed by atoms with E-state index in [1.54, 1.807) is 25.1 Å². The molecule has 0 aliphatic carbocycles. The molecule has 1 aliphatic rings. The highest BCUT2D eigenvalue weighted by molar-refractivity contribution is 7.20. The molecule has 2 atom stereocenters. The molecule has 0 saturated heterocycles. The van der Waals surface area contributed by atoms with E-state index in [4.69, 9.17) is 9.15 Å². The van der Waals surface area contributed by atoms with Gasteiger partial charge in [-0.1, -0.05) is 25.1 Å². The monoisotopic (exact) mass is 495 g/mol. The van der Waals surface area contributed by atoms with E-state index in [0.29, 0.717) is 36.0 Å². The highest BCUT2D eigenvalue weighted by Gasteiger charge is 2.43. The zero-order valence-electron chi connectivity index (χ0n) is 20.3. The van der Waals surface area contributed by atoms with Crippen LogP contribution in [-0.2, 0) is 16.0 Å². The number of thiophene rings is 1. The van der Waals surface area contributed by atoms with Crippen LogP contribution < -0.4 is 15.0 Å². The van der Waals surface area contributed by atoms with Crippen molar-refractivity contribution in [3.05, 3.63) is 53.4 Å². The molecule has 4 rings (SSSR count). The van der Waals surface area contributed by atoms with E-state index in [1.807, 2.05) is 38.1 Å². The van der Waals surface area contributed by atoms with E-state index >= 15 is 0 Å². The Morgan fingerprint density at radius 2 is 2.09 bits per heavy atom. The Balaban J connectivity index is 1.72. The van der Waals surface area contributed by atoms with Gasteiger partial charge < -0.3 is 19.4 Å². The van der Waals surface area contributed by atoms with E-state index < -0.39 is 11.8 Å². The molecule has 35 heavy (non-hydrogen) atoms. The highest BCUT2D eigenvalue weighted by Crippen LogP contribution is 2.46. The predicted molar refractivity (Wildman–Crippen MR) is 134 cm³/mol. The number of para-hydroxylation sites is 1. The van der Waals surface area contributed by atoms with Gasteiger partial charge in [0.25, 0.3) is 0 Å². The van der Waals surface area contributed by atoms with Gasteiger partial charge in [0.05, 0.1) is 23.7 Å². The number of rotatable bonds is 9. The minimum absolute atomic E-state index is 0.151. The van der Waals surface area contributed by atoms with Crippen LogP contribution in [-0.4, -0.2) is 42.8 Å². The quantitative estimate of drug-likeness (QED) is 0.445. The van der Waals surface area contributed by atoms with Crippen LogP contribution in [0.5, 0.6) is 5.75 Å². The molecule has 1 aromatic carbocycles. The average molecular weight is 496 g/mol. The minimum atomic E-state index is -0.927. The first-order valence-electron chi connectivity index (χ1n) is 11.7. The molecule has 0 spiro atoms. The number of Topliss-reactive ketones (excluding diaryl/α,β-unsaturated/α-hetero) is 1. The van der Waals surface area contributed by atoms with Crippen molar-refractivity contribution in [2.24, 2.45) is 11.8 Å². The van der Waals surface area contributed by atoms with Crippen LogP contribution in [0.25, 0.3) is 10.8 Å². The van der Waals surface area contributed by atoms with Crippen LogP contribution in [0.15, 0.2) is 41.1 Å². The second kappa shape index (κ2) is 10.4. The Morgan fingerprint density at radius 3 is 2.77 bits per heavy atom. The summed E-state index contributed by atoms with van der Waals surface area (Å²) >= 11 is 1.33. The number of nitrogens with zero attached hydrogens (tertiary/aromatic N) is 2. The summed E-state index contributed by atoms with van der Waals surface area (Å²) < 4.78 is 11.0. The predicted octanol–water partition coefficient (Wildman–Crippen LogP) is 4.27. The van der Waals surface area contributed by atoms with E-state index in [1.165, 1.54) is 17.6 Å². The summed E-state index contributed by atoms with van der Waals surface area (Å²) in [5.41, 5.74) is 2.22. The van der Waals surface area contributed by atoms with Crippen LogP contribution in [0.4, 0.5) is 5.00 Å². The molecular weight excluding hydrogens is 466 g/mol. The average Bonchev–Trinajstić information content (AvgIpc) is 3.50. The summed E-state index contributed by atoms with van der Waals surface area (Å²) in [6.07, 6.45) is 3.73. The molecule has 184 valence electrons. The van der Waals surface area contributed by atoms with E-state index in [0.717, 1.165) is 21.8 Å². The van der Waals surface area contributed by atoms with E-state index in [2.05, 4.69) is 10.3 Å². The minimum Gasteiger partial charge on any atom is -0.496 e. The van der Waals surface area contributed by atoms with Gasteiger partial charge in [0.15, 0.2) is 5.78 Å². The van der Waals surface area contributed by atoms with Gasteiger partial charge in [0.2, 0.25) is 17.7 Å². The number of fused-ring (bicyclic) bond motifs is 1. The lowest BCUT2D eigenvalue weighted by atomic mass is 9.84. The number of ketones is 1. The fraction of sp³-hybridized carbons (Fsp3) is 0.385. The number of anilines is 1. The molecule has 1 N–H and O–H groups in total. The van der Waals surface area contributed by atoms with E-state index in [9.17, 15) is 14.4 Å². The molecule has 0 bridgehead atoms. The van der Waals surface area contributed by atoms with Crippen LogP contribution in [0.3, 0.4) is 0 Å². The number of hydrogen-bond acceptors (Lipinski definition) is 7. The van der Waals surface area contributed by atoms with Gasteiger partial charge in [0, 0.05) is 19.0 Å². The Morgan fingerprint density at radius 1 is 1.31 bits per heavy atom. The Labute approximate surface area is 208 Å². The first kappa shape index (κ1) is 24.7. The summed E-state index contributed by atoms with van der Waals surface area (Å²) in [6, 6.07) is 7.67. The molecule has 3 heterocycles. The lowest BCUT2D eigenvalue weighted by Crippen LogP contribution is -2.46. The molecule has 8 nitrogen and oxygen atoms in total. The summed E-state index contributed by atoms with van der Waals surface area (Å²) in [5.74, 6) is -0.937. The Bertz CT molecular complexity index is 1230. The highest BCUT2D eigenvalue weighted by atomic mass is 32.1. The molecule has 0 saturated carbocycles. The smallest absolute Gasteiger partial charge is 0.238 e. The third-order valence-electron chi connectivity index (χ3n) is 6.31. The number of benzene rings is 1.